The Kier molecular flexibility index (Phi) is 3.08. The zero-order chi connectivity index (χ0) is 8.97. The topological polar surface area (TPSA) is 57.1 Å². The van der Waals surface area contributed by atoms with Crippen molar-refractivity contribution in [2.45, 2.75) is 6.10 Å². The number of likely N-dealkylation sites (N-methyl/N-ethyl adjacent to an activating group) is 1. The summed E-state index contributed by atoms with van der Waals surface area (Å²) in [5, 5.41) is 20.4. The van der Waals surface area contributed by atoms with E-state index in [1.807, 2.05) is 12.4 Å². The molecule has 1 aromatic carbocycles. The molecule has 0 bridgehead atoms. The molecule has 0 radical (unpaired) electrons. The molecule has 1 aromatic rings. The van der Waals surface area contributed by atoms with E-state index in [2.05, 4.69) is 0 Å². The Balaban J connectivity index is 2.68. The highest BCUT2D eigenvalue weighted by molar-refractivity contribution is 5.27. The number of hydrogen-bond donors (Lipinski definition) is 3. The fraction of sp³-hybridized carbons (Fsp3) is 0.333. The summed E-state index contributed by atoms with van der Waals surface area (Å²) in [5.41, 5.74) is 0.839. The second kappa shape index (κ2) is 4.09. The Morgan fingerprint density at radius 1 is 1.33 bits per heavy atom. The van der Waals surface area contributed by atoms with Crippen molar-refractivity contribution in [1.29, 1.82) is 0 Å². The van der Waals surface area contributed by atoms with Gasteiger partial charge in [-0.15, -0.1) is 0 Å². The van der Waals surface area contributed by atoms with E-state index in [0.717, 1.165) is 5.56 Å². The summed E-state index contributed by atoms with van der Waals surface area (Å²) >= 11 is 0. The first-order chi connectivity index (χ1) is 5.74. The van der Waals surface area contributed by atoms with Gasteiger partial charge in [0.05, 0.1) is 7.05 Å². The van der Waals surface area contributed by atoms with Gasteiger partial charge in [-0.25, -0.2) is 0 Å². The lowest BCUT2D eigenvalue weighted by atomic mass is 10.1. The van der Waals surface area contributed by atoms with Gasteiger partial charge < -0.3 is 15.5 Å². The molecule has 0 unspecified atom stereocenters. The molecule has 66 valence electrons. The maximum atomic E-state index is 9.50. The molecule has 0 saturated heterocycles. The third-order valence-electron chi connectivity index (χ3n) is 1.74. The van der Waals surface area contributed by atoms with Crippen LogP contribution in [0.1, 0.15) is 11.7 Å². The normalized spacial score (nSPS) is 12.8. The highest BCUT2D eigenvalue weighted by Gasteiger charge is 2.06. The number of nitrogens with two attached hydrogens (primary N) is 1. The number of rotatable bonds is 3. The highest BCUT2D eigenvalue weighted by Crippen LogP contribution is 2.14. The minimum atomic E-state index is -0.449. The van der Waals surface area contributed by atoms with Crippen molar-refractivity contribution in [3.63, 3.8) is 0 Å². The van der Waals surface area contributed by atoms with E-state index in [1.54, 1.807) is 24.3 Å². The minimum Gasteiger partial charge on any atom is -0.508 e. The van der Waals surface area contributed by atoms with E-state index in [9.17, 15) is 5.11 Å². The molecular weight excluding hydrogens is 154 g/mol. The minimum absolute atomic E-state index is 0.228. The van der Waals surface area contributed by atoms with Gasteiger partial charge in [-0.05, 0) is 17.7 Å². The van der Waals surface area contributed by atoms with E-state index < -0.39 is 6.10 Å². The lowest BCUT2D eigenvalue weighted by Crippen LogP contribution is -2.80. The second-order valence-electron chi connectivity index (χ2n) is 2.75. The molecule has 0 fully saturated rings. The molecule has 0 aliphatic rings. The maximum absolute atomic E-state index is 9.50. The summed E-state index contributed by atoms with van der Waals surface area (Å²) in [4.78, 5) is 0. The van der Waals surface area contributed by atoms with Crippen LogP contribution in [0.4, 0.5) is 0 Å². The first-order valence-corrected chi connectivity index (χ1v) is 3.99. The number of aliphatic hydroxyl groups excluding tert-OH is 1. The van der Waals surface area contributed by atoms with Crippen LogP contribution in [0.15, 0.2) is 24.3 Å². The first-order valence-electron chi connectivity index (χ1n) is 3.99. The highest BCUT2D eigenvalue weighted by atomic mass is 16.3. The van der Waals surface area contributed by atoms with Gasteiger partial charge in [-0.2, -0.15) is 0 Å². The Bertz CT molecular complexity index is 233. The number of hydrogen-bond acceptors (Lipinski definition) is 2. The molecule has 3 nitrogen and oxygen atoms in total. The Labute approximate surface area is 71.7 Å². The van der Waals surface area contributed by atoms with Gasteiger partial charge >= 0.3 is 0 Å². The molecule has 0 aromatic heterocycles. The smallest absolute Gasteiger partial charge is 0.128 e. The Hall–Kier alpha value is -1.06. The van der Waals surface area contributed by atoms with Crippen molar-refractivity contribution in [2.24, 2.45) is 0 Å². The largest absolute Gasteiger partial charge is 0.508 e. The van der Waals surface area contributed by atoms with Crippen LogP contribution in [0.2, 0.25) is 0 Å². The number of aromatic hydroxyl groups is 1. The third kappa shape index (κ3) is 2.22. The molecule has 0 heterocycles. The van der Waals surface area contributed by atoms with Crippen LogP contribution < -0.4 is 5.32 Å². The first kappa shape index (κ1) is 9.03. The zero-order valence-corrected chi connectivity index (χ0v) is 7.07. The van der Waals surface area contributed by atoms with E-state index in [0.29, 0.717) is 6.54 Å². The quantitative estimate of drug-likeness (QED) is 0.576. The van der Waals surface area contributed by atoms with Gasteiger partial charge in [0, 0.05) is 0 Å². The van der Waals surface area contributed by atoms with Gasteiger partial charge in [0.1, 0.15) is 18.4 Å². The second-order valence-corrected chi connectivity index (χ2v) is 2.75. The standard InChI is InChI=1S/C9H13NO2/c1-10-6-9(12)7-2-4-8(11)5-3-7/h2-5,9-12H,6H2,1H3/p+1/t9-/m0/s1. The van der Waals surface area contributed by atoms with Crippen LogP contribution in [0.3, 0.4) is 0 Å². The Morgan fingerprint density at radius 2 is 1.92 bits per heavy atom. The van der Waals surface area contributed by atoms with Crippen LogP contribution in [0, 0.1) is 0 Å². The van der Waals surface area contributed by atoms with E-state index >= 15 is 0 Å². The summed E-state index contributed by atoms with van der Waals surface area (Å²) in [6, 6.07) is 6.61. The number of quaternary nitrogens is 1. The van der Waals surface area contributed by atoms with E-state index in [-0.39, 0.29) is 5.75 Å². The van der Waals surface area contributed by atoms with Crippen LogP contribution in [0.5, 0.6) is 5.75 Å². The molecule has 1 atom stereocenters. The van der Waals surface area contributed by atoms with Gasteiger partial charge in [0.25, 0.3) is 0 Å². The summed E-state index contributed by atoms with van der Waals surface area (Å²) < 4.78 is 0. The molecular formula is C9H14NO2+. The molecule has 0 spiro atoms. The molecule has 4 N–H and O–H groups in total. The Morgan fingerprint density at radius 3 is 2.42 bits per heavy atom. The van der Waals surface area contributed by atoms with Gasteiger partial charge in [0.15, 0.2) is 0 Å². The fourth-order valence-corrected chi connectivity index (χ4v) is 1.06. The molecule has 0 aliphatic carbocycles. The number of phenols is 1. The maximum Gasteiger partial charge on any atom is 0.128 e. The summed E-state index contributed by atoms with van der Waals surface area (Å²) in [5.74, 6) is 0.228. The monoisotopic (exact) mass is 168 g/mol. The molecule has 12 heavy (non-hydrogen) atoms. The molecule has 0 saturated carbocycles. The molecule has 3 heteroatoms. The number of phenolic OH excluding ortho intramolecular Hbond substituents is 1. The van der Waals surface area contributed by atoms with Crippen LogP contribution in [0.25, 0.3) is 0 Å². The predicted molar refractivity (Wildman–Crippen MR) is 45.8 cm³/mol. The van der Waals surface area contributed by atoms with E-state index in [1.165, 1.54) is 0 Å². The van der Waals surface area contributed by atoms with Crippen LogP contribution in [-0.4, -0.2) is 23.8 Å². The molecule has 0 amide bonds. The van der Waals surface area contributed by atoms with Crippen molar-refractivity contribution in [3.05, 3.63) is 29.8 Å². The van der Waals surface area contributed by atoms with Crippen molar-refractivity contribution in [3.8, 4) is 5.75 Å². The SMILES string of the molecule is C[NH2+]C[C@H](O)c1ccc(O)cc1. The predicted octanol–water partition coefficient (Wildman–Crippen LogP) is -0.381. The lowest BCUT2D eigenvalue weighted by molar-refractivity contribution is -0.634. The van der Waals surface area contributed by atoms with Gasteiger partial charge in [-0.3, -0.25) is 0 Å². The summed E-state index contributed by atoms with van der Waals surface area (Å²) in [7, 11) is 1.91. The third-order valence-corrected chi connectivity index (χ3v) is 1.74. The number of benzene rings is 1. The van der Waals surface area contributed by atoms with Crippen molar-refractivity contribution in [1.82, 2.24) is 0 Å². The van der Waals surface area contributed by atoms with Crippen molar-refractivity contribution < 1.29 is 15.5 Å². The van der Waals surface area contributed by atoms with Gasteiger partial charge in [-0.1, -0.05) is 12.1 Å². The molecule has 1 rings (SSSR count). The summed E-state index contributed by atoms with van der Waals surface area (Å²) in [6.07, 6.45) is -0.449. The average Bonchev–Trinajstić information content (AvgIpc) is 2.06. The van der Waals surface area contributed by atoms with Crippen molar-refractivity contribution >= 4 is 0 Å². The fourth-order valence-electron chi connectivity index (χ4n) is 1.06. The zero-order valence-electron chi connectivity index (χ0n) is 7.07. The van der Waals surface area contributed by atoms with Crippen LogP contribution >= 0.6 is 0 Å². The lowest BCUT2D eigenvalue weighted by Gasteiger charge is -2.07. The van der Waals surface area contributed by atoms with E-state index in [4.69, 9.17) is 5.11 Å². The van der Waals surface area contributed by atoms with Crippen LogP contribution in [-0.2, 0) is 0 Å². The van der Waals surface area contributed by atoms with Crippen molar-refractivity contribution in [2.75, 3.05) is 13.6 Å². The summed E-state index contributed by atoms with van der Waals surface area (Å²) in [6.45, 7) is 0.644. The average molecular weight is 168 g/mol. The number of aliphatic hydroxyl groups is 1. The van der Waals surface area contributed by atoms with Gasteiger partial charge in [0.2, 0.25) is 0 Å². The molecule has 0 aliphatic heterocycles.